The molecule has 0 heterocycles. The summed E-state index contributed by atoms with van der Waals surface area (Å²) in [6.45, 7) is 2.06. The summed E-state index contributed by atoms with van der Waals surface area (Å²) in [4.78, 5) is 14.3. The second kappa shape index (κ2) is 6.09. The maximum absolute atomic E-state index is 12.4. The molecule has 1 aromatic carbocycles. The van der Waals surface area contributed by atoms with Crippen LogP contribution in [0.2, 0.25) is 0 Å². The second-order valence-corrected chi connectivity index (χ2v) is 5.35. The zero-order valence-electron chi connectivity index (χ0n) is 12.1. The molecule has 1 aromatic rings. The van der Waals surface area contributed by atoms with Crippen LogP contribution < -0.4 is 4.74 Å². The zero-order chi connectivity index (χ0) is 13.8. The summed E-state index contributed by atoms with van der Waals surface area (Å²) < 4.78 is 5.38. The van der Waals surface area contributed by atoms with E-state index >= 15 is 0 Å². The largest absolute Gasteiger partial charge is 0.496 e. The van der Waals surface area contributed by atoms with Gasteiger partial charge in [0.1, 0.15) is 5.75 Å². The summed E-state index contributed by atoms with van der Waals surface area (Å²) in [5, 5.41) is 0. The first-order chi connectivity index (χ1) is 9.15. The number of hydrogen-bond acceptors (Lipinski definition) is 2. The van der Waals surface area contributed by atoms with Gasteiger partial charge in [0.05, 0.1) is 13.2 Å². The molecule has 104 valence electrons. The van der Waals surface area contributed by atoms with Gasteiger partial charge in [-0.05, 0) is 25.8 Å². The Morgan fingerprint density at radius 2 is 1.95 bits per heavy atom. The minimum atomic E-state index is 0.0456. The Morgan fingerprint density at radius 3 is 2.58 bits per heavy atom. The van der Waals surface area contributed by atoms with Gasteiger partial charge in [0.15, 0.2) is 0 Å². The van der Waals surface area contributed by atoms with E-state index in [4.69, 9.17) is 4.74 Å². The molecule has 0 saturated heterocycles. The van der Waals surface area contributed by atoms with Gasteiger partial charge in [-0.25, -0.2) is 0 Å². The van der Waals surface area contributed by atoms with Gasteiger partial charge >= 0.3 is 0 Å². The van der Waals surface area contributed by atoms with E-state index in [0.717, 1.165) is 24.2 Å². The Labute approximate surface area is 115 Å². The highest BCUT2D eigenvalue weighted by atomic mass is 16.5. The lowest BCUT2D eigenvalue weighted by molar-refractivity contribution is -0.136. The molecule has 1 atom stereocenters. The van der Waals surface area contributed by atoms with Crippen molar-refractivity contribution < 1.29 is 9.53 Å². The number of carbonyl (C=O) groups excluding carboxylic acids is 1. The van der Waals surface area contributed by atoms with E-state index in [0.29, 0.717) is 0 Å². The molecule has 3 nitrogen and oxygen atoms in total. The second-order valence-electron chi connectivity index (χ2n) is 5.35. The number of carbonyl (C=O) groups is 1. The first kappa shape index (κ1) is 13.9. The monoisotopic (exact) mass is 261 g/mol. The molecule has 3 heteroatoms. The Kier molecular flexibility index (Phi) is 4.46. The predicted molar refractivity (Wildman–Crippen MR) is 76.1 cm³/mol. The molecule has 19 heavy (non-hydrogen) atoms. The molecule has 0 aromatic heterocycles. The Balaban J connectivity index is 2.13. The highest BCUT2D eigenvalue weighted by Gasteiger charge is 2.28. The predicted octanol–water partition coefficient (Wildman–Crippen LogP) is 3.40. The van der Waals surface area contributed by atoms with Crippen LogP contribution >= 0.6 is 0 Å². The van der Waals surface area contributed by atoms with E-state index in [2.05, 4.69) is 6.92 Å². The third-order valence-electron chi connectivity index (χ3n) is 4.22. The Bertz CT molecular complexity index is 438. The number of rotatable bonds is 4. The van der Waals surface area contributed by atoms with Crippen LogP contribution in [0.5, 0.6) is 5.75 Å². The van der Waals surface area contributed by atoms with Crippen LogP contribution in [0.15, 0.2) is 24.3 Å². The average molecular weight is 261 g/mol. The molecule has 1 amide bonds. The van der Waals surface area contributed by atoms with Crippen LogP contribution in [0, 0.1) is 5.92 Å². The summed E-state index contributed by atoms with van der Waals surface area (Å²) in [6.07, 6.45) is 4.46. The number of para-hydroxylation sites is 1. The van der Waals surface area contributed by atoms with Crippen molar-refractivity contribution in [3.63, 3.8) is 0 Å². The maximum Gasteiger partial charge on any atom is 0.225 e. The molecule has 1 fully saturated rings. The van der Waals surface area contributed by atoms with Gasteiger partial charge in [0.25, 0.3) is 0 Å². The van der Waals surface area contributed by atoms with E-state index in [1.54, 1.807) is 7.11 Å². The van der Waals surface area contributed by atoms with Crippen LogP contribution in [0.3, 0.4) is 0 Å². The summed E-state index contributed by atoms with van der Waals surface area (Å²) in [5.41, 5.74) is 1.07. The van der Waals surface area contributed by atoms with E-state index in [9.17, 15) is 4.79 Å². The number of hydrogen-bond donors (Lipinski definition) is 0. The van der Waals surface area contributed by atoms with E-state index in [1.165, 1.54) is 12.8 Å². The average Bonchev–Trinajstić information content (AvgIpc) is 2.99. The van der Waals surface area contributed by atoms with Crippen molar-refractivity contribution in [1.29, 1.82) is 0 Å². The molecule has 0 spiro atoms. The third-order valence-corrected chi connectivity index (χ3v) is 4.22. The molecule has 0 N–H and O–H groups in total. The van der Waals surface area contributed by atoms with Crippen molar-refractivity contribution in [3.8, 4) is 5.75 Å². The van der Waals surface area contributed by atoms with Crippen LogP contribution in [0.1, 0.15) is 44.2 Å². The molecule has 1 aliphatic carbocycles. The lowest BCUT2D eigenvalue weighted by Gasteiger charge is -2.28. The molecular weight excluding hydrogens is 238 g/mol. The van der Waals surface area contributed by atoms with Crippen molar-refractivity contribution >= 4 is 5.91 Å². The quantitative estimate of drug-likeness (QED) is 0.831. The highest BCUT2D eigenvalue weighted by molar-refractivity contribution is 5.79. The SMILES string of the molecule is COc1ccccc1C(C)N(C)C(=O)C1CCCC1. The van der Waals surface area contributed by atoms with E-state index in [-0.39, 0.29) is 17.9 Å². The van der Waals surface area contributed by atoms with Gasteiger partial charge in [-0.3, -0.25) is 4.79 Å². The minimum absolute atomic E-state index is 0.0456. The van der Waals surface area contributed by atoms with Gasteiger partial charge in [0.2, 0.25) is 5.91 Å². The van der Waals surface area contributed by atoms with Gasteiger partial charge in [-0.1, -0.05) is 31.0 Å². The highest BCUT2D eigenvalue weighted by Crippen LogP contribution is 2.32. The van der Waals surface area contributed by atoms with Gasteiger partial charge in [-0.2, -0.15) is 0 Å². The first-order valence-electron chi connectivity index (χ1n) is 7.04. The fourth-order valence-corrected chi connectivity index (χ4v) is 2.87. The van der Waals surface area contributed by atoms with E-state index < -0.39 is 0 Å². The van der Waals surface area contributed by atoms with Crippen LogP contribution in [-0.2, 0) is 4.79 Å². The van der Waals surface area contributed by atoms with Crippen LogP contribution in [-0.4, -0.2) is 25.0 Å². The Hall–Kier alpha value is -1.51. The molecule has 0 radical (unpaired) electrons. The Morgan fingerprint density at radius 1 is 1.32 bits per heavy atom. The lowest BCUT2D eigenvalue weighted by Crippen LogP contribution is -2.34. The molecule has 1 unspecified atom stereocenters. The van der Waals surface area contributed by atoms with Crippen molar-refractivity contribution in [1.82, 2.24) is 4.90 Å². The van der Waals surface area contributed by atoms with Crippen molar-refractivity contribution in [3.05, 3.63) is 29.8 Å². The standard InChI is InChI=1S/C16H23NO2/c1-12(14-10-6-7-11-15(14)19-3)17(2)16(18)13-8-4-5-9-13/h6-7,10-13H,4-5,8-9H2,1-3H3. The molecule has 1 aliphatic rings. The molecule has 0 bridgehead atoms. The summed E-state index contributed by atoms with van der Waals surface area (Å²) >= 11 is 0. The zero-order valence-corrected chi connectivity index (χ0v) is 12.1. The fraction of sp³-hybridized carbons (Fsp3) is 0.562. The topological polar surface area (TPSA) is 29.5 Å². The number of nitrogens with zero attached hydrogens (tertiary/aromatic N) is 1. The number of benzene rings is 1. The van der Waals surface area contributed by atoms with Crippen LogP contribution in [0.4, 0.5) is 0 Å². The summed E-state index contributed by atoms with van der Waals surface area (Å²) in [6, 6.07) is 7.96. The molecule has 1 saturated carbocycles. The van der Waals surface area contributed by atoms with Gasteiger partial charge in [0, 0.05) is 18.5 Å². The first-order valence-corrected chi connectivity index (χ1v) is 7.04. The third kappa shape index (κ3) is 2.91. The van der Waals surface area contributed by atoms with Crippen molar-refractivity contribution in [2.75, 3.05) is 14.2 Å². The number of amides is 1. The molecular formula is C16H23NO2. The molecule has 0 aliphatic heterocycles. The maximum atomic E-state index is 12.4. The van der Waals surface area contributed by atoms with Crippen molar-refractivity contribution in [2.45, 2.75) is 38.6 Å². The molecule has 2 rings (SSSR count). The lowest BCUT2D eigenvalue weighted by atomic mass is 10.0. The van der Waals surface area contributed by atoms with Crippen LogP contribution in [0.25, 0.3) is 0 Å². The van der Waals surface area contributed by atoms with Crippen molar-refractivity contribution in [2.24, 2.45) is 5.92 Å². The smallest absolute Gasteiger partial charge is 0.225 e. The summed E-state index contributed by atoms with van der Waals surface area (Å²) in [7, 11) is 3.57. The van der Waals surface area contributed by atoms with Gasteiger partial charge < -0.3 is 9.64 Å². The normalized spacial score (nSPS) is 17.2. The minimum Gasteiger partial charge on any atom is -0.496 e. The fourth-order valence-electron chi connectivity index (χ4n) is 2.87. The summed E-state index contributed by atoms with van der Waals surface area (Å²) in [5.74, 6) is 1.35. The number of ether oxygens (including phenoxy) is 1. The van der Waals surface area contributed by atoms with Gasteiger partial charge in [-0.15, -0.1) is 0 Å². The number of methoxy groups -OCH3 is 1. The van der Waals surface area contributed by atoms with E-state index in [1.807, 2.05) is 36.2 Å².